The first-order chi connectivity index (χ1) is 14.0. The van der Waals surface area contributed by atoms with Crippen molar-refractivity contribution in [2.75, 3.05) is 5.32 Å². The van der Waals surface area contributed by atoms with E-state index < -0.39 is 18.4 Å². The maximum absolute atomic E-state index is 13.3. The lowest BCUT2D eigenvalue weighted by Gasteiger charge is -2.12. The Balaban J connectivity index is 1.73. The number of anilines is 2. The Morgan fingerprint density at radius 3 is 2.48 bits per heavy atom. The molecule has 0 saturated heterocycles. The van der Waals surface area contributed by atoms with Crippen molar-refractivity contribution in [1.29, 1.82) is 0 Å². The summed E-state index contributed by atoms with van der Waals surface area (Å²) in [6, 6.07) is 6.96. The third-order valence-corrected chi connectivity index (χ3v) is 4.04. The minimum atomic E-state index is -4.57. The summed E-state index contributed by atoms with van der Waals surface area (Å²) in [5, 5.41) is 3.02. The van der Waals surface area contributed by atoms with Gasteiger partial charge in [0, 0.05) is 24.2 Å². The highest BCUT2D eigenvalue weighted by Crippen LogP contribution is 2.35. The summed E-state index contributed by atoms with van der Waals surface area (Å²) >= 11 is 0. The molecule has 0 aromatic carbocycles. The van der Waals surface area contributed by atoms with Gasteiger partial charge in [0.25, 0.3) is 0 Å². The summed E-state index contributed by atoms with van der Waals surface area (Å²) in [6.07, 6.45) is 0.743. The summed E-state index contributed by atoms with van der Waals surface area (Å²) in [5.41, 5.74) is 0.171. The van der Waals surface area contributed by atoms with Gasteiger partial charge in [-0.1, -0.05) is 6.07 Å². The molecule has 0 spiro atoms. The molecule has 6 nitrogen and oxygen atoms in total. The molecule has 4 aromatic heterocycles. The van der Waals surface area contributed by atoms with E-state index in [1.54, 1.807) is 18.2 Å². The minimum Gasteiger partial charge on any atom is -0.338 e. The van der Waals surface area contributed by atoms with Crippen molar-refractivity contribution in [3.8, 4) is 11.4 Å². The van der Waals surface area contributed by atoms with Crippen LogP contribution in [0.15, 0.2) is 55.1 Å². The lowest BCUT2D eigenvalue weighted by molar-refractivity contribution is -0.137. The molecule has 0 radical (unpaired) electrons. The Morgan fingerprint density at radius 2 is 1.76 bits per heavy atom. The molecular weight excluding hydrogens is 388 g/mol. The Labute approximate surface area is 161 Å². The van der Waals surface area contributed by atoms with E-state index in [1.807, 2.05) is 0 Å². The van der Waals surface area contributed by atoms with Crippen LogP contribution in [0.25, 0.3) is 22.6 Å². The summed E-state index contributed by atoms with van der Waals surface area (Å²) < 4.78 is 52.4. The van der Waals surface area contributed by atoms with E-state index in [4.69, 9.17) is 0 Å². The number of pyridine rings is 3. The van der Waals surface area contributed by atoms with Crippen molar-refractivity contribution in [3.63, 3.8) is 0 Å². The third-order valence-electron chi connectivity index (χ3n) is 4.04. The molecule has 0 saturated carbocycles. The lowest BCUT2D eigenvalue weighted by atomic mass is 10.1. The third kappa shape index (κ3) is 3.82. The van der Waals surface area contributed by atoms with Gasteiger partial charge in [-0.2, -0.15) is 13.2 Å². The molecule has 29 heavy (non-hydrogen) atoms. The van der Waals surface area contributed by atoms with Gasteiger partial charge in [0.2, 0.25) is 0 Å². The van der Waals surface area contributed by atoms with Gasteiger partial charge in [0.05, 0.1) is 17.4 Å². The molecule has 10 heteroatoms. The number of hydrogen-bond acceptors (Lipinski definition) is 6. The number of nitrogens with one attached hydrogen (secondary N) is 1. The minimum absolute atomic E-state index is 0.0412. The average molecular weight is 400 g/mol. The van der Waals surface area contributed by atoms with Crippen LogP contribution in [0, 0.1) is 0 Å². The van der Waals surface area contributed by atoms with Gasteiger partial charge >= 0.3 is 6.18 Å². The molecule has 1 N–H and O–H groups in total. The fraction of sp³-hybridized carbons (Fsp3) is 0.105. The number of halogens is 4. The Kier molecular flexibility index (Phi) is 4.75. The molecule has 4 heterocycles. The molecule has 0 amide bonds. The van der Waals surface area contributed by atoms with E-state index in [9.17, 15) is 17.6 Å². The number of rotatable bonds is 4. The van der Waals surface area contributed by atoms with Crippen molar-refractivity contribution in [1.82, 2.24) is 24.9 Å². The number of alkyl halides is 4. The summed E-state index contributed by atoms with van der Waals surface area (Å²) in [4.78, 5) is 20.5. The Hall–Kier alpha value is -3.69. The highest BCUT2D eigenvalue weighted by Gasteiger charge is 2.34. The lowest BCUT2D eigenvalue weighted by Crippen LogP contribution is -2.09. The molecule has 0 atom stereocenters. The molecule has 4 aromatic rings. The van der Waals surface area contributed by atoms with Crippen LogP contribution in [0.1, 0.15) is 11.1 Å². The van der Waals surface area contributed by atoms with Gasteiger partial charge < -0.3 is 5.32 Å². The number of hydrogen-bond donors (Lipinski definition) is 1. The van der Waals surface area contributed by atoms with Crippen molar-refractivity contribution < 1.29 is 17.6 Å². The van der Waals surface area contributed by atoms with E-state index in [1.165, 1.54) is 30.9 Å². The van der Waals surface area contributed by atoms with Crippen LogP contribution in [0.5, 0.6) is 0 Å². The monoisotopic (exact) mass is 400 g/mol. The maximum atomic E-state index is 13.3. The molecule has 0 bridgehead atoms. The van der Waals surface area contributed by atoms with Gasteiger partial charge in [-0.15, -0.1) is 0 Å². The number of aromatic nitrogens is 5. The standard InChI is InChI=1S/C19H12F4N6/c20-8-11-3-4-15(26-9-11)28-13-5-7-25-18-17(13)27-10-14(29-18)16-12(19(21,22)23)2-1-6-24-16/h1-7,9-10H,8H2,(H,25,26,28,29). The molecular formula is C19H12F4N6. The Morgan fingerprint density at radius 1 is 0.897 bits per heavy atom. The van der Waals surface area contributed by atoms with Crippen LogP contribution in [0.2, 0.25) is 0 Å². The van der Waals surface area contributed by atoms with Crippen molar-refractivity contribution in [2.45, 2.75) is 12.9 Å². The van der Waals surface area contributed by atoms with E-state index in [-0.39, 0.29) is 17.0 Å². The zero-order valence-electron chi connectivity index (χ0n) is 14.7. The molecule has 4 rings (SSSR count). The van der Waals surface area contributed by atoms with Crippen molar-refractivity contribution in [2.24, 2.45) is 0 Å². The zero-order chi connectivity index (χ0) is 20.4. The quantitative estimate of drug-likeness (QED) is 0.500. The van der Waals surface area contributed by atoms with Crippen molar-refractivity contribution >= 4 is 22.7 Å². The largest absolute Gasteiger partial charge is 0.418 e. The van der Waals surface area contributed by atoms with Crippen LogP contribution < -0.4 is 5.32 Å². The Bertz CT molecular complexity index is 1160. The normalized spacial score (nSPS) is 11.6. The molecule has 0 aliphatic carbocycles. The summed E-state index contributed by atoms with van der Waals surface area (Å²) in [7, 11) is 0. The topological polar surface area (TPSA) is 76.5 Å². The van der Waals surface area contributed by atoms with Crippen molar-refractivity contribution in [3.05, 3.63) is 66.2 Å². The second kappa shape index (κ2) is 7.38. The van der Waals surface area contributed by atoms with E-state index in [2.05, 4.69) is 30.2 Å². The molecule has 0 fully saturated rings. The highest BCUT2D eigenvalue weighted by molar-refractivity contribution is 5.87. The predicted molar refractivity (Wildman–Crippen MR) is 97.9 cm³/mol. The second-order valence-electron chi connectivity index (χ2n) is 5.99. The van der Waals surface area contributed by atoms with Crippen LogP contribution in [0.3, 0.4) is 0 Å². The first kappa shape index (κ1) is 18.7. The summed E-state index contributed by atoms with van der Waals surface area (Å²) in [5.74, 6) is 0.449. The average Bonchev–Trinajstić information content (AvgIpc) is 2.73. The number of nitrogens with zero attached hydrogens (tertiary/aromatic N) is 5. The summed E-state index contributed by atoms with van der Waals surface area (Å²) in [6.45, 7) is -0.618. The van der Waals surface area contributed by atoms with E-state index in [0.29, 0.717) is 22.6 Å². The SMILES string of the molecule is FCc1ccc(Nc2ccnc3nc(-c4ncccc4C(F)(F)F)cnc23)nc1. The van der Waals surface area contributed by atoms with Crippen LogP contribution >= 0.6 is 0 Å². The first-order valence-corrected chi connectivity index (χ1v) is 8.38. The fourth-order valence-corrected chi connectivity index (χ4v) is 2.69. The van der Waals surface area contributed by atoms with Gasteiger partial charge in [-0.25, -0.2) is 24.3 Å². The predicted octanol–water partition coefficient (Wildman–Crippen LogP) is 4.71. The van der Waals surface area contributed by atoms with Gasteiger partial charge in [-0.05, 0) is 24.3 Å². The zero-order valence-corrected chi connectivity index (χ0v) is 14.7. The molecule has 146 valence electrons. The maximum Gasteiger partial charge on any atom is 0.418 e. The van der Waals surface area contributed by atoms with Gasteiger partial charge in [0.15, 0.2) is 5.65 Å². The van der Waals surface area contributed by atoms with Crippen LogP contribution in [0.4, 0.5) is 29.1 Å². The first-order valence-electron chi connectivity index (χ1n) is 8.38. The van der Waals surface area contributed by atoms with Crippen LogP contribution in [-0.4, -0.2) is 24.9 Å². The van der Waals surface area contributed by atoms with E-state index >= 15 is 0 Å². The van der Waals surface area contributed by atoms with Gasteiger partial charge in [0.1, 0.15) is 29.4 Å². The highest BCUT2D eigenvalue weighted by atomic mass is 19.4. The van der Waals surface area contributed by atoms with Crippen LogP contribution in [-0.2, 0) is 12.9 Å². The fourth-order valence-electron chi connectivity index (χ4n) is 2.69. The second-order valence-corrected chi connectivity index (χ2v) is 5.99. The number of fused-ring (bicyclic) bond motifs is 1. The van der Waals surface area contributed by atoms with Gasteiger partial charge in [-0.3, -0.25) is 4.98 Å². The molecule has 0 unspecified atom stereocenters. The smallest absolute Gasteiger partial charge is 0.338 e. The molecule has 0 aliphatic heterocycles. The molecule has 0 aliphatic rings. The van der Waals surface area contributed by atoms with E-state index in [0.717, 1.165) is 6.07 Å².